The largest absolute Gasteiger partial charge is 0.471 e. The van der Waals surface area contributed by atoms with Crippen LogP contribution in [0.4, 0.5) is 17.6 Å². The number of carbonyl (C=O) groups is 1. The Hall–Kier alpha value is -2.95. The molecule has 3 aromatic rings. The lowest BCUT2D eigenvalue weighted by atomic mass is 9.91. The van der Waals surface area contributed by atoms with E-state index in [9.17, 15) is 35.9 Å². The molecule has 3 aromatic carbocycles. The fourth-order valence-corrected chi connectivity index (χ4v) is 5.27. The van der Waals surface area contributed by atoms with Crippen molar-refractivity contribution < 1.29 is 35.9 Å². The third-order valence-electron chi connectivity index (χ3n) is 5.40. The van der Waals surface area contributed by atoms with Gasteiger partial charge in [-0.1, -0.05) is 41.9 Å². The maximum Gasteiger partial charge on any atom is 0.471 e. The Morgan fingerprint density at radius 1 is 1.03 bits per heavy atom. The van der Waals surface area contributed by atoms with Gasteiger partial charge in [0, 0.05) is 10.9 Å². The Labute approximate surface area is 204 Å². The molecule has 1 amide bonds. The van der Waals surface area contributed by atoms with E-state index in [2.05, 4.69) is 0 Å². The van der Waals surface area contributed by atoms with Gasteiger partial charge in [-0.3, -0.25) is 4.79 Å². The average Bonchev–Trinajstić information content (AvgIpc) is 2.80. The monoisotopic (exact) mass is 529 g/mol. The highest BCUT2D eigenvalue weighted by molar-refractivity contribution is 7.91. The molecular formula is C24H20ClF4NO4S. The van der Waals surface area contributed by atoms with Crippen LogP contribution in [0.1, 0.15) is 35.6 Å². The number of rotatable bonds is 7. The number of nitrogens with one attached hydrogen (secondary N) is 1. The quantitative estimate of drug-likeness (QED) is 0.413. The Kier molecular flexibility index (Phi) is 7.88. The molecule has 2 N–H and O–H groups in total. The molecule has 0 heterocycles. The first kappa shape index (κ1) is 26.7. The SMILES string of the molecule is C[C@H](NC(=O)C(F)(F)F)c1ccc(S(=O)(=O)c2ccc(Cl)cc2C(CO)c2ccccc2F)cc1. The summed E-state index contributed by atoms with van der Waals surface area (Å²) in [6, 6.07) is 13.5. The number of hydrogen-bond donors (Lipinski definition) is 2. The first-order valence-corrected chi connectivity index (χ1v) is 12.1. The van der Waals surface area contributed by atoms with Crippen LogP contribution in [0.25, 0.3) is 0 Å². The van der Waals surface area contributed by atoms with E-state index in [1.807, 2.05) is 0 Å². The van der Waals surface area contributed by atoms with Crippen LogP contribution in [0.15, 0.2) is 76.5 Å². The molecule has 0 saturated heterocycles. The van der Waals surface area contributed by atoms with Gasteiger partial charge in [0.25, 0.3) is 0 Å². The number of alkyl halides is 3. The summed E-state index contributed by atoms with van der Waals surface area (Å²) in [5.74, 6) is -3.78. The third-order valence-corrected chi connectivity index (χ3v) is 7.47. The van der Waals surface area contributed by atoms with Crippen molar-refractivity contribution in [3.8, 4) is 0 Å². The van der Waals surface area contributed by atoms with Gasteiger partial charge in [0.2, 0.25) is 9.84 Å². The summed E-state index contributed by atoms with van der Waals surface area (Å²) in [5, 5.41) is 12.0. The summed E-state index contributed by atoms with van der Waals surface area (Å²) < 4.78 is 78.9. The average molecular weight is 530 g/mol. The van der Waals surface area contributed by atoms with Gasteiger partial charge < -0.3 is 10.4 Å². The van der Waals surface area contributed by atoms with Crippen molar-refractivity contribution in [3.05, 3.63) is 94.3 Å². The first-order chi connectivity index (χ1) is 16.4. The summed E-state index contributed by atoms with van der Waals surface area (Å²) in [6.45, 7) is 0.726. The minimum Gasteiger partial charge on any atom is -0.395 e. The topological polar surface area (TPSA) is 83.5 Å². The van der Waals surface area contributed by atoms with E-state index in [0.717, 1.165) is 0 Å². The number of halogens is 5. The number of hydrogen-bond acceptors (Lipinski definition) is 4. The van der Waals surface area contributed by atoms with Crippen LogP contribution in [0, 0.1) is 5.82 Å². The Morgan fingerprint density at radius 3 is 2.23 bits per heavy atom. The van der Waals surface area contributed by atoms with Gasteiger partial charge >= 0.3 is 12.1 Å². The Morgan fingerprint density at radius 2 is 1.66 bits per heavy atom. The molecule has 11 heteroatoms. The van der Waals surface area contributed by atoms with Crippen molar-refractivity contribution in [2.45, 2.75) is 34.9 Å². The second-order valence-corrected chi connectivity index (χ2v) is 10.1. The van der Waals surface area contributed by atoms with Crippen LogP contribution in [0.2, 0.25) is 5.02 Å². The van der Waals surface area contributed by atoms with Gasteiger partial charge in [-0.2, -0.15) is 13.2 Å². The van der Waals surface area contributed by atoms with E-state index in [-0.39, 0.29) is 31.5 Å². The summed E-state index contributed by atoms with van der Waals surface area (Å²) in [5.41, 5.74) is 0.413. The molecule has 186 valence electrons. The lowest BCUT2D eigenvalue weighted by molar-refractivity contribution is -0.174. The lowest BCUT2D eigenvalue weighted by Crippen LogP contribution is -2.38. The van der Waals surface area contributed by atoms with E-state index in [0.29, 0.717) is 0 Å². The molecule has 0 aliphatic heterocycles. The summed E-state index contributed by atoms with van der Waals surface area (Å²) in [7, 11) is -4.21. The Bertz CT molecular complexity index is 1330. The van der Waals surface area contributed by atoms with Crippen molar-refractivity contribution in [1.82, 2.24) is 5.32 Å². The summed E-state index contributed by atoms with van der Waals surface area (Å²) in [4.78, 5) is 10.8. The highest BCUT2D eigenvalue weighted by Gasteiger charge is 2.39. The van der Waals surface area contributed by atoms with E-state index in [4.69, 9.17) is 11.6 Å². The van der Waals surface area contributed by atoms with Crippen molar-refractivity contribution in [2.24, 2.45) is 0 Å². The van der Waals surface area contributed by atoms with E-state index < -0.39 is 46.3 Å². The van der Waals surface area contributed by atoms with Gasteiger partial charge in [0.1, 0.15) is 5.82 Å². The molecule has 0 aromatic heterocycles. The highest BCUT2D eigenvalue weighted by atomic mass is 35.5. The molecule has 5 nitrogen and oxygen atoms in total. The molecule has 0 spiro atoms. The molecule has 1 unspecified atom stereocenters. The van der Waals surface area contributed by atoms with Crippen LogP contribution in [-0.4, -0.2) is 32.2 Å². The van der Waals surface area contributed by atoms with E-state index in [1.165, 1.54) is 67.6 Å². The second-order valence-electron chi connectivity index (χ2n) is 7.70. The lowest BCUT2D eigenvalue weighted by Gasteiger charge is -2.20. The molecular weight excluding hydrogens is 510 g/mol. The zero-order valence-corrected chi connectivity index (χ0v) is 19.8. The van der Waals surface area contributed by atoms with Crippen LogP contribution < -0.4 is 5.32 Å². The fourth-order valence-electron chi connectivity index (χ4n) is 3.58. The molecule has 0 radical (unpaired) electrons. The second kappa shape index (κ2) is 10.3. The fraction of sp³-hybridized carbons (Fsp3) is 0.208. The minimum absolute atomic E-state index is 0.0818. The number of benzene rings is 3. The van der Waals surface area contributed by atoms with Gasteiger partial charge in [0.15, 0.2) is 0 Å². The summed E-state index contributed by atoms with van der Waals surface area (Å²) in [6.07, 6.45) is -5.05. The number of sulfone groups is 1. The van der Waals surface area contributed by atoms with Crippen LogP contribution in [0.5, 0.6) is 0 Å². The Balaban J connectivity index is 2.00. The normalized spacial score (nSPS) is 13.8. The molecule has 0 aliphatic carbocycles. The van der Waals surface area contributed by atoms with Gasteiger partial charge in [0.05, 0.1) is 22.4 Å². The minimum atomic E-state index is -5.05. The number of carbonyl (C=O) groups excluding carboxylic acids is 1. The molecule has 0 aliphatic rings. The van der Waals surface area contributed by atoms with Gasteiger partial charge in [-0.15, -0.1) is 0 Å². The molecule has 2 atom stereocenters. The first-order valence-electron chi connectivity index (χ1n) is 10.2. The highest BCUT2D eigenvalue weighted by Crippen LogP contribution is 2.35. The predicted molar refractivity (Wildman–Crippen MR) is 121 cm³/mol. The summed E-state index contributed by atoms with van der Waals surface area (Å²) >= 11 is 6.09. The maximum atomic E-state index is 14.5. The molecule has 35 heavy (non-hydrogen) atoms. The molecule has 3 rings (SSSR count). The van der Waals surface area contributed by atoms with Gasteiger partial charge in [-0.25, -0.2) is 12.8 Å². The van der Waals surface area contributed by atoms with E-state index in [1.54, 1.807) is 11.4 Å². The van der Waals surface area contributed by atoms with Crippen LogP contribution in [0.3, 0.4) is 0 Å². The maximum absolute atomic E-state index is 14.5. The number of amides is 1. The molecule has 0 saturated carbocycles. The molecule has 0 fully saturated rings. The zero-order chi connectivity index (χ0) is 26.0. The van der Waals surface area contributed by atoms with Crippen LogP contribution in [-0.2, 0) is 14.6 Å². The van der Waals surface area contributed by atoms with Crippen molar-refractivity contribution in [1.29, 1.82) is 0 Å². The van der Waals surface area contributed by atoms with Crippen molar-refractivity contribution in [3.63, 3.8) is 0 Å². The van der Waals surface area contributed by atoms with Gasteiger partial charge in [-0.05, 0) is 60.0 Å². The zero-order valence-electron chi connectivity index (χ0n) is 18.2. The number of aliphatic hydroxyl groups is 1. The van der Waals surface area contributed by atoms with E-state index >= 15 is 0 Å². The third kappa shape index (κ3) is 5.83. The predicted octanol–water partition coefficient (Wildman–Crippen LogP) is 5.18. The van der Waals surface area contributed by atoms with Crippen LogP contribution >= 0.6 is 11.6 Å². The number of aliphatic hydroxyl groups excluding tert-OH is 1. The molecule has 0 bridgehead atoms. The van der Waals surface area contributed by atoms with Crippen molar-refractivity contribution in [2.75, 3.05) is 6.61 Å². The van der Waals surface area contributed by atoms with Crippen molar-refractivity contribution >= 4 is 27.3 Å². The smallest absolute Gasteiger partial charge is 0.395 e. The standard InChI is InChI=1S/C24H20ClF4NO4S/c1-14(30-23(32)24(27,28)29)15-6-9-17(10-7-15)35(33,34)22-11-8-16(25)12-19(22)20(13-31)18-4-2-3-5-21(18)26/h2-12,14,20,31H,13H2,1H3,(H,30,32)/t14-,20?/m0/s1.